The van der Waals surface area contributed by atoms with E-state index in [4.69, 9.17) is 9.47 Å². The lowest BCUT2D eigenvalue weighted by atomic mass is 9.90. The highest BCUT2D eigenvalue weighted by Crippen LogP contribution is 2.31. The number of benzene rings is 2. The van der Waals surface area contributed by atoms with Gasteiger partial charge in [0.15, 0.2) is 11.5 Å². The van der Waals surface area contributed by atoms with Crippen molar-refractivity contribution < 1.29 is 19.1 Å². The molecule has 0 aromatic heterocycles. The predicted molar refractivity (Wildman–Crippen MR) is 107 cm³/mol. The first-order chi connectivity index (χ1) is 12.7. The van der Waals surface area contributed by atoms with Gasteiger partial charge in [-0.25, -0.2) is 0 Å². The van der Waals surface area contributed by atoms with Gasteiger partial charge in [0.2, 0.25) is 11.8 Å². The summed E-state index contributed by atoms with van der Waals surface area (Å²) in [5.74, 6) is 0.250. The van der Waals surface area contributed by atoms with Crippen molar-refractivity contribution in [3.05, 3.63) is 47.5 Å². The number of rotatable bonds is 6. The maximum absolute atomic E-state index is 12.7. The normalized spacial score (nSPS) is 10.9. The van der Waals surface area contributed by atoms with E-state index >= 15 is 0 Å². The van der Waals surface area contributed by atoms with Crippen molar-refractivity contribution in [2.45, 2.75) is 27.7 Å². The Balaban J connectivity index is 2.15. The van der Waals surface area contributed by atoms with Crippen molar-refractivity contribution in [3.8, 4) is 11.5 Å². The summed E-state index contributed by atoms with van der Waals surface area (Å²) < 4.78 is 10.4. The third-order valence-electron chi connectivity index (χ3n) is 4.41. The molecule has 2 rings (SSSR count). The minimum Gasteiger partial charge on any atom is -0.493 e. The van der Waals surface area contributed by atoms with Crippen LogP contribution in [0.3, 0.4) is 0 Å². The highest BCUT2D eigenvalue weighted by Gasteiger charge is 2.36. The van der Waals surface area contributed by atoms with E-state index in [0.717, 1.165) is 11.1 Å². The molecule has 27 heavy (non-hydrogen) atoms. The number of amides is 2. The number of hydrogen-bond donors (Lipinski definition) is 2. The van der Waals surface area contributed by atoms with Crippen molar-refractivity contribution in [2.24, 2.45) is 5.41 Å². The number of methoxy groups -OCH3 is 2. The van der Waals surface area contributed by atoms with Crippen LogP contribution < -0.4 is 20.1 Å². The second kappa shape index (κ2) is 8.12. The summed E-state index contributed by atoms with van der Waals surface area (Å²) in [6.45, 7) is 7.07. The van der Waals surface area contributed by atoms with Crippen LogP contribution in [0.25, 0.3) is 0 Å². The zero-order valence-corrected chi connectivity index (χ0v) is 16.6. The van der Waals surface area contributed by atoms with Gasteiger partial charge in [-0.3, -0.25) is 9.59 Å². The van der Waals surface area contributed by atoms with E-state index in [0.29, 0.717) is 22.9 Å². The molecule has 0 aliphatic rings. The van der Waals surface area contributed by atoms with Crippen molar-refractivity contribution in [3.63, 3.8) is 0 Å². The lowest BCUT2D eigenvalue weighted by Gasteiger charge is -2.23. The molecule has 0 saturated carbocycles. The molecule has 2 aromatic carbocycles. The maximum Gasteiger partial charge on any atom is 0.239 e. The Morgan fingerprint density at radius 2 is 1.48 bits per heavy atom. The van der Waals surface area contributed by atoms with E-state index in [2.05, 4.69) is 10.6 Å². The van der Waals surface area contributed by atoms with Crippen molar-refractivity contribution >= 4 is 23.2 Å². The number of aryl methyl sites for hydroxylation is 2. The first-order valence-electron chi connectivity index (χ1n) is 8.61. The fraction of sp³-hybridized carbons (Fsp3) is 0.333. The molecule has 0 atom stereocenters. The number of nitrogens with one attached hydrogen (secondary N) is 2. The minimum atomic E-state index is -1.27. The van der Waals surface area contributed by atoms with Gasteiger partial charge >= 0.3 is 0 Å². The highest BCUT2D eigenvalue weighted by atomic mass is 16.5. The van der Waals surface area contributed by atoms with Gasteiger partial charge in [0.25, 0.3) is 0 Å². The SMILES string of the molecule is COc1ccc(NC(=O)C(C)(C)C(=O)Nc2ccc(C)cc2C)cc1OC. The first kappa shape index (κ1) is 20.3. The predicted octanol–water partition coefficient (Wildman–Crippen LogP) is 3.92. The molecule has 6 heteroatoms. The molecule has 0 aliphatic heterocycles. The summed E-state index contributed by atoms with van der Waals surface area (Å²) in [7, 11) is 3.06. The monoisotopic (exact) mass is 370 g/mol. The highest BCUT2D eigenvalue weighted by molar-refractivity contribution is 6.14. The number of ether oxygens (including phenoxy) is 2. The summed E-state index contributed by atoms with van der Waals surface area (Å²) in [6.07, 6.45) is 0. The maximum atomic E-state index is 12.7. The van der Waals surface area contributed by atoms with E-state index in [-0.39, 0.29) is 5.91 Å². The van der Waals surface area contributed by atoms with Crippen molar-refractivity contribution in [1.82, 2.24) is 0 Å². The van der Waals surface area contributed by atoms with Crippen LogP contribution in [0.1, 0.15) is 25.0 Å². The largest absolute Gasteiger partial charge is 0.493 e. The van der Waals surface area contributed by atoms with Gasteiger partial charge in [0.05, 0.1) is 14.2 Å². The second-order valence-electron chi connectivity index (χ2n) is 6.92. The summed E-state index contributed by atoms with van der Waals surface area (Å²) in [5.41, 5.74) is 1.99. The van der Waals surface area contributed by atoms with Crippen LogP contribution >= 0.6 is 0 Å². The molecule has 0 heterocycles. The Labute approximate surface area is 159 Å². The zero-order chi connectivity index (χ0) is 20.2. The van der Waals surface area contributed by atoms with Crippen LogP contribution in [0.4, 0.5) is 11.4 Å². The molecule has 0 unspecified atom stereocenters. The van der Waals surface area contributed by atoms with E-state index < -0.39 is 11.3 Å². The van der Waals surface area contributed by atoms with Gasteiger partial charge in [-0.2, -0.15) is 0 Å². The molecule has 0 bridgehead atoms. The van der Waals surface area contributed by atoms with Crippen LogP contribution in [0.5, 0.6) is 11.5 Å². The van der Waals surface area contributed by atoms with Gasteiger partial charge in [-0.05, 0) is 51.5 Å². The zero-order valence-electron chi connectivity index (χ0n) is 16.6. The van der Waals surface area contributed by atoms with Crippen LogP contribution in [-0.2, 0) is 9.59 Å². The quantitative estimate of drug-likeness (QED) is 0.756. The van der Waals surface area contributed by atoms with Gasteiger partial charge in [0.1, 0.15) is 5.41 Å². The van der Waals surface area contributed by atoms with E-state index in [1.807, 2.05) is 32.0 Å². The molecule has 2 N–H and O–H groups in total. The molecule has 6 nitrogen and oxygen atoms in total. The molecule has 0 fully saturated rings. The number of anilines is 2. The summed E-state index contributed by atoms with van der Waals surface area (Å²) in [5, 5.41) is 5.60. The Hall–Kier alpha value is -3.02. The number of carbonyl (C=O) groups excluding carboxylic acids is 2. The molecule has 144 valence electrons. The molecular weight excluding hydrogens is 344 g/mol. The average molecular weight is 370 g/mol. The molecule has 2 aromatic rings. The standard InChI is InChI=1S/C21H26N2O4/c1-13-7-9-16(14(2)11-13)23-20(25)21(3,4)19(24)22-15-8-10-17(26-5)18(12-15)27-6/h7-12H,1-6H3,(H,22,24)(H,23,25). The molecular formula is C21H26N2O4. The van der Waals surface area contributed by atoms with E-state index in [1.165, 1.54) is 14.2 Å². The van der Waals surface area contributed by atoms with Crippen molar-refractivity contribution in [1.29, 1.82) is 0 Å². The van der Waals surface area contributed by atoms with Crippen LogP contribution in [0.15, 0.2) is 36.4 Å². The van der Waals surface area contributed by atoms with Gasteiger partial charge in [-0.1, -0.05) is 17.7 Å². The average Bonchev–Trinajstić information content (AvgIpc) is 2.63. The summed E-state index contributed by atoms with van der Waals surface area (Å²) in [4.78, 5) is 25.4. The molecule has 0 aliphatic carbocycles. The fourth-order valence-corrected chi connectivity index (χ4v) is 2.54. The van der Waals surface area contributed by atoms with Gasteiger partial charge in [0, 0.05) is 17.4 Å². The minimum absolute atomic E-state index is 0.382. The number of hydrogen-bond acceptors (Lipinski definition) is 4. The molecule has 0 radical (unpaired) electrons. The fourth-order valence-electron chi connectivity index (χ4n) is 2.54. The topological polar surface area (TPSA) is 76.7 Å². The van der Waals surface area contributed by atoms with Crippen LogP contribution in [-0.4, -0.2) is 26.0 Å². The molecule has 0 spiro atoms. The lowest BCUT2D eigenvalue weighted by molar-refractivity contribution is -0.135. The van der Waals surface area contributed by atoms with E-state index in [9.17, 15) is 9.59 Å². The molecule has 2 amide bonds. The summed E-state index contributed by atoms with van der Waals surface area (Å²) in [6, 6.07) is 10.8. The Morgan fingerprint density at radius 3 is 2.07 bits per heavy atom. The second-order valence-corrected chi connectivity index (χ2v) is 6.92. The Morgan fingerprint density at radius 1 is 0.852 bits per heavy atom. The smallest absolute Gasteiger partial charge is 0.239 e. The molecule has 0 saturated heterocycles. The Kier molecular flexibility index (Phi) is 6.10. The van der Waals surface area contributed by atoms with Crippen molar-refractivity contribution in [2.75, 3.05) is 24.9 Å². The van der Waals surface area contributed by atoms with Crippen LogP contribution in [0.2, 0.25) is 0 Å². The number of carbonyl (C=O) groups is 2. The first-order valence-corrected chi connectivity index (χ1v) is 8.61. The van der Waals surface area contributed by atoms with Crippen LogP contribution in [0, 0.1) is 19.3 Å². The lowest BCUT2D eigenvalue weighted by Crippen LogP contribution is -2.41. The van der Waals surface area contributed by atoms with Gasteiger partial charge in [-0.15, -0.1) is 0 Å². The summed E-state index contributed by atoms with van der Waals surface area (Å²) >= 11 is 0. The third kappa shape index (κ3) is 4.58. The Bertz CT molecular complexity index is 859. The third-order valence-corrected chi connectivity index (χ3v) is 4.41. The van der Waals surface area contributed by atoms with Gasteiger partial charge < -0.3 is 20.1 Å². The van der Waals surface area contributed by atoms with E-state index in [1.54, 1.807) is 32.0 Å².